The average molecular weight is 322 g/mol. The minimum absolute atomic E-state index is 0.284. The third-order valence-corrected chi connectivity index (χ3v) is 5.37. The van der Waals surface area contributed by atoms with Crippen molar-refractivity contribution < 1.29 is 0 Å². The second-order valence-electron chi connectivity index (χ2n) is 4.55. The highest BCUT2D eigenvalue weighted by atomic mass is 35.8. The molecule has 0 saturated carbocycles. The molecule has 4 heteroatoms. The molecule has 0 heterocycles. The Morgan fingerprint density at radius 3 is 2.33 bits per heavy atom. The Kier molecular flexibility index (Phi) is 6.79. The number of halogens is 3. The number of hydrogen-bond donors (Lipinski definition) is 0. The molecule has 0 nitrogen and oxygen atoms in total. The minimum atomic E-state index is -2.61. The van der Waals surface area contributed by atoms with Crippen LogP contribution in [0.1, 0.15) is 31.7 Å². The SMILES string of the molecule is C=C(c1ccccc1)C(CCCC)C[Si](Cl)(Cl)Cl. The Balaban J connectivity index is 2.79. The number of hydrogen-bond acceptors (Lipinski definition) is 0. The van der Waals surface area contributed by atoms with Crippen LogP contribution >= 0.6 is 33.2 Å². The molecule has 0 aromatic heterocycles. The molecule has 0 aliphatic carbocycles. The summed E-state index contributed by atoms with van der Waals surface area (Å²) >= 11 is 18.2. The summed E-state index contributed by atoms with van der Waals surface area (Å²) < 4.78 is 0. The van der Waals surface area contributed by atoms with Crippen LogP contribution in [0.25, 0.3) is 5.57 Å². The Bertz CT molecular complexity index is 370. The standard InChI is InChI=1S/C14H19Cl3Si/c1-3-4-8-14(11-18(15,16)17)12(2)13-9-6-5-7-10-13/h5-7,9-10,14H,2-4,8,11H2,1H3. The van der Waals surface area contributed by atoms with Crippen molar-refractivity contribution in [2.75, 3.05) is 0 Å². The molecule has 18 heavy (non-hydrogen) atoms. The molecular formula is C14H19Cl3Si. The Morgan fingerprint density at radius 1 is 1.22 bits per heavy atom. The van der Waals surface area contributed by atoms with Crippen molar-refractivity contribution in [3.05, 3.63) is 42.5 Å². The monoisotopic (exact) mass is 320 g/mol. The zero-order valence-electron chi connectivity index (χ0n) is 10.6. The lowest BCUT2D eigenvalue weighted by atomic mass is 9.91. The van der Waals surface area contributed by atoms with E-state index in [1.54, 1.807) is 0 Å². The van der Waals surface area contributed by atoms with Gasteiger partial charge in [-0.2, -0.15) is 0 Å². The molecule has 0 N–H and O–H groups in total. The van der Waals surface area contributed by atoms with E-state index in [9.17, 15) is 0 Å². The first-order valence-electron chi connectivity index (χ1n) is 6.25. The van der Waals surface area contributed by atoms with Gasteiger partial charge >= 0.3 is 6.00 Å². The molecule has 0 spiro atoms. The minimum Gasteiger partial charge on any atom is -0.126 e. The fraction of sp³-hybridized carbons (Fsp3) is 0.429. The van der Waals surface area contributed by atoms with Crippen LogP contribution in [-0.2, 0) is 0 Å². The van der Waals surface area contributed by atoms with Crippen LogP contribution in [-0.4, -0.2) is 6.00 Å². The first-order valence-corrected chi connectivity index (χ1v) is 11.5. The summed E-state index contributed by atoms with van der Waals surface area (Å²) in [6, 6.07) is 8.23. The average Bonchev–Trinajstić information content (AvgIpc) is 2.33. The van der Waals surface area contributed by atoms with Gasteiger partial charge < -0.3 is 0 Å². The van der Waals surface area contributed by atoms with Crippen molar-refractivity contribution in [2.24, 2.45) is 5.92 Å². The summed E-state index contributed by atoms with van der Waals surface area (Å²) in [6.45, 7) is 6.38. The molecule has 100 valence electrons. The van der Waals surface area contributed by atoms with E-state index >= 15 is 0 Å². The molecule has 0 radical (unpaired) electrons. The van der Waals surface area contributed by atoms with Gasteiger partial charge in [-0.3, -0.25) is 0 Å². The van der Waals surface area contributed by atoms with Crippen molar-refractivity contribution >= 4 is 44.8 Å². The maximum absolute atomic E-state index is 6.07. The summed E-state index contributed by atoms with van der Waals surface area (Å²) in [7, 11) is 0. The van der Waals surface area contributed by atoms with E-state index in [1.165, 1.54) is 0 Å². The maximum atomic E-state index is 6.07. The van der Waals surface area contributed by atoms with Crippen molar-refractivity contribution in [1.29, 1.82) is 0 Å². The van der Waals surface area contributed by atoms with Crippen LogP contribution in [0.4, 0.5) is 0 Å². The number of allylic oxidation sites excluding steroid dienone is 1. The Labute approximate surface area is 125 Å². The number of unbranched alkanes of at least 4 members (excludes halogenated alkanes) is 1. The lowest BCUT2D eigenvalue weighted by molar-refractivity contribution is 0.609. The zero-order valence-corrected chi connectivity index (χ0v) is 13.9. The molecule has 1 aromatic carbocycles. The highest BCUT2D eigenvalue weighted by molar-refractivity contribution is 7.64. The van der Waals surface area contributed by atoms with Gasteiger partial charge in [0.05, 0.1) is 0 Å². The van der Waals surface area contributed by atoms with Gasteiger partial charge in [0, 0.05) is 0 Å². The Morgan fingerprint density at radius 2 is 1.83 bits per heavy atom. The Hall–Kier alpha value is 0.0469. The molecule has 0 bridgehead atoms. The van der Waals surface area contributed by atoms with Crippen molar-refractivity contribution in [1.82, 2.24) is 0 Å². The van der Waals surface area contributed by atoms with Gasteiger partial charge in [-0.1, -0.05) is 56.7 Å². The highest BCUT2D eigenvalue weighted by Crippen LogP contribution is 2.37. The van der Waals surface area contributed by atoms with E-state index in [0.29, 0.717) is 6.04 Å². The molecule has 0 fully saturated rings. The van der Waals surface area contributed by atoms with Gasteiger partial charge in [-0.25, -0.2) is 0 Å². The summed E-state index contributed by atoms with van der Waals surface area (Å²) in [5.41, 5.74) is 2.25. The van der Waals surface area contributed by atoms with Crippen LogP contribution in [0, 0.1) is 5.92 Å². The van der Waals surface area contributed by atoms with Crippen LogP contribution in [0.3, 0.4) is 0 Å². The fourth-order valence-electron chi connectivity index (χ4n) is 2.02. The molecule has 0 saturated heterocycles. The van der Waals surface area contributed by atoms with E-state index in [2.05, 4.69) is 25.6 Å². The molecule has 1 aromatic rings. The molecule has 0 aliphatic rings. The van der Waals surface area contributed by atoms with E-state index in [4.69, 9.17) is 33.2 Å². The predicted molar refractivity (Wildman–Crippen MR) is 86.6 cm³/mol. The zero-order chi connectivity index (χ0) is 13.6. The predicted octanol–water partition coefficient (Wildman–Crippen LogP) is 6.16. The van der Waals surface area contributed by atoms with Crippen molar-refractivity contribution in [3.8, 4) is 0 Å². The summed E-state index contributed by atoms with van der Waals surface area (Å²) in [5, 5.41) is 0. The summed E-state index contributed by atoms with van der Waals surface area (Å²) in [4.78, 5) is 0. The van der Waals surface area contributed by atoms with Crippen molar-refractivity contribution in [3.63, 3.8) is 0 Å². The third kappa shape index (κ3) is 5.79. The summed E-state index contributed by atoms with van der Waals surface area (Å²) in [6.07, 6.45) is 3.34. The fourth-order valence-corrected chi connectivity index (χ4v) is 4.70. The molecule has 1 rings (SSSR count). The molecule has 0 amide bonds. The number of benzene rings is 1. The molecule has 0 aliphatic heterocycles. The lowest BCUT2D eigenvalue weighted by Crippen LogP contribution is -2.17. The second kappa shape index (κ2) is 7.59. The molecular weight excluding hydrogens is 303 g/mol. The largest absolute Gasteiger partial charge is 0.342 e. The first kappa shape index (κ1) is 16.1. The van der Waals surface area contributed by atoms with Gasteiger partial charge in [0.15, 0.2) is 0 Å². The quantitative estimate of drug-likeness (QED) is 0.416. The normalized spacial score (nSPS) is 13.3. The van der Waals surface area contributed by atoms with Crippen molar-refractivity contribution in [2.45, 2.75) is 32.2 Å². The second-order valence-corrected chi connectivity index (χ2v) is 13.7. The van der Waals surface area contributed by atoms with Crippen LogP contribution in [0.15, 0.2) is 36.9 Å². The molecule has 1 atom stereocenters. The lowest BCUT2D eigenvalue weighted by Gasteiger charge is -2.22. The first-order chi connectivity index (χ1) is 8.44. The van der Waals surface area contributed by atoms with Crippen LogP contribution in [0.5, 0.6) is 0 Å². The van der Waals surface area contributed by atoms with E-state index in [-0.39, 0.29) is 5.92 Å². The van der Waals surface area contributed by atoms with Gasteiger partial charge in [0.25, 0.3) is 0 Å². The van der Waals surface area contributed by atoms with E-state index in [1.807, 2.05) is 18.2 Å². The van der Waals surface area contributed by atoms with Gasteiger partial charge in [0.2, 0.25) is 0 Å². The third-order valence-electron chi connectivity index (χ3n) is 3.02. The van der Waals surface area contributed by atoms with E-state index < -0.39 is 6.00 Å². The van der Waals surface area contributed by atoms with Gasteiger partial charge in [-0.15, -0.1) is 33.2 Å². The van der Waals surface area contributed by atoms with E-state index in [0.717, 1.165) is 30.4 Å². The maximum Gasteiger partial charge on any atom is 0.342 e. The van der Waals surface area contributed by atoms with Crippen LogP contribution < -0.4 is 0 Å². The summed E-state index contributed by atoms with van der Waals surface area (Å²) in [5.74, 6) is 0.284. The topological polar surface area (TPSA) is 0 Å². The number of rotatable bonds is 7. The van der Waals surface area contributed by atoms with Gasteiger partial charge in [-0.05, 0) is 29.5 Å². The molecule has 1 unspecified atom stereocenters. The highest BCUT2D eigenvalue weighted by Gasteiger charge is 2.30. The van der Waals surface area contributed by atoms with Crippen LogP contribution in [0.2, 0.25) is 6.04 Å². The smallest absolute Gasteiger partial charge is 0.126 e. The van der Waals surface area contributed by atoms with Gasteiger partial charge in [0.1, 0.15) is 0 Å².